The number of H-pyrrole nitrogens is 1. The number of primary amides is 1. The van der Waals surface area contributed by atoms with Gasteiger partial charge in [-0.25, -0.2) is 9.97 Å². The highest BCUT2D eigenvalue weighted by Crippen LogP contribution is 2.17. The minimum atomic E-state index is -0.466. The first-order valence-electron chi connectivity index (χ1n) is 7.61. The van der Waals surface area contributed by atoms with Crippen LogP contribution in [0.4, 0.5) is 0 Å². The van der Waals surface area contributed by atoms with Gasteiger partial charge >= 0.3 is 0 Å². The number of nitrogens with one attached hydrogen (secondary N) is 1. The van der Waals surface area contributed by atoms with Crippen molar-refractivity contribution >= 4 is 5.91 Å². The summed E-state index contributed by atoms with van der Waals surface area (Å²) < 4.78 is 1.66. The highest BCUT2D eigenvalue weighted by Gasteiger charge is 2.17. The molecule has 3 aromatic heterocycles. The number of aromatic amines is 1. The van der Waals surface area contributed by atoms with Gasteiger partial charge in [0.05, 0.1) is 12.1 Å². The second kappa shape index (κ2) is 6.23. The summed E-state index contributed by atoms with van der Waals surface area (Å²) in [7, 11) is 0. The van der Waals surface area contributed by atoms with Crippen LogP contribution in [0.2, 0.25) is 0 Å². The number of carbonyl (C=O) groups is 1. The van der Waals surface area contributed by atoms with E-state index in [0.717, 1.165) is 22.6 Å². The lowest BCUT2D eigenvalue weighted by Gasteiger charge is -2.06. The minimum absolute atomic E-state index is 0.00479. The molecule has 8 heteroatoms. The van der Waals surface area contributed by atoms with E-state index in [9.17, 15) is 4.79 Å². The SMILES string of the molecule is Cc1cccc(-n2nc(CC(N)=O)nc2Cc2c(C)n[nH]c2C)n1. The van der Waals surface area contributed by atoms with Gasteiger partial charge in [0, 0.05) is 23.4 Å². The average molecular weight is 325 g/mol. The lowest BCUT2D eigenvalue weighted by molar-refractivity contribution is -0.117. The van der Waals surface area contributed by atoms with Gasteiger partial charge in [-0.05, 0) is 32.9 Å². The zero-order valence-electron chi connectivity index (χ0n) is 13.9. The number of nitrogens with zero attached hydrogens (tertiary/aromatic N) is 5. The Balaban J connectivity index is 2.06. The lowest BCUT2D eigenvalue weighted by atomic mass is 10.1. The summed E-state index contributed by atoms with van der Waals surface area (Å²) in [6.45, 7) is 5.81. The summed E-state index contributed by atoms with van der Waals surface area (Å²) in [5, 5.41) is 11.6. The Bertz CT molecular complexity index is 874. The Morgan fingerprint density at radius 3 is 2.67 bits per heavy atom. The van der Waals surface area contributed by atoms with Crippen LogP contribution >= 0.6 is 0 Å². The van der Waals surface area contributed by atoms with Crippen LogP contribution in [0.5, 0.6) is 0 Å². The highest BCUT2D eigenvalue weighted by molar-refractivity contribution is 5.75. The van der Waals surface area contributed by atoms with Crippen molar-refractivity contribution in [3.63, 3.8) is 0 Å². The molecular formula is C16H19N7O. The van der Waals surface area contributed by atoms with Gasteiger partial charge in [-0.3, -0.25) is 9.89 Å². The molecule has 8 nitrogen and oxygen atoms in total. The molecule has 1 amide bonds. The van der Waals surface area contributed by atoms with E-state index in [1.165, 1.54) is 0 Å². The fourth-order valence-corrected chi connectivity index (χ4v) is 2.56. The van der Waals surface area contributed by atoms with Gasteiger partial charge in [-0.1, -0.05) is 6.07 Å². The second-order valence-electron chi connectivity index (χ2n) is 5.73. The molecule has 0 spiro atoms. The van der Waals surface area contributed by atoms with Crippen LogP contribution in [0.3, 0.4) is 0 Å². The van der Waals surface area contributed by atoms with Gasteiger partial charge in [0.2, 0.25) is 5.91 Å². The molecule has 3 aromatic rings. The monoisotopic (exact) mass is 325 g/mol. The van der Waals surface area contributed by atoms with Gasteiger partial charge in [-0.2, -0.15) is 9.78 Å². The van der Waals surface area contributed by atoms with Crippen LogP contribution in [0, 0.1) is 20.8 Å². The average Bonchev–Trinajstić information content (AvgIpc) is 3.05. The molecule has 0 aliphatic carbocycles. The predicted octanol–water partition coefficient (Wildman–Crippen LogP) is 0.929. The third kappa shape index (κ3) is 3.17. The molecule has 0 aliphatic rings. The summed E-state index contributed by atoms with van der Waals surface area (Å²) in [6.07, 6.45) is 0.532. The summed E-state index contributed by atoms with van der Waals surface area (Å²) in [5.74, 6) is 1.27. The number of hydrogen-bond acceptors (Lipinski definition) is 5. The van der Waals surface area contributed by atoms with Crippen LogP contribution in [0.1, 0.15) is 34.3 Å². The van der Waals surface area contributed by atoms with E-state index in [-0.39, 0.29) is 6.42 Å². The zero-order valence-corrected chi connectivity index (χ0v) is 13.9. The Hall–Kier alpha value is -3.03. The first-order chi connectivity index (χ1) is 11.4. The molecule has 124 valence electrons. The Labute approximate surface area is 139 Å². The molecule has 0 atom stereocenters. The standard InChI is InChI=1S/C16H19N7O/c1-9-5-4-6-15(18-9)23-16(19-14(22-23)8-13(17)24)7-12-10(2)20-21-11(12)3/h4-6H,7-8H2,1-3H3,(H2,17,24)(H,20,21). The maximum Gasteiger partial charge on any atom is 0.225 e. The molecule has 0 saturated heterocycles. The Morgan fingerprint density at radius 1 is 1.25 bits per heavy atom. The molecule has 0 aliphatic heterocycles. The Kier molecular flexibility index (Phi) is 4.11. The third-order valence-electron chi connectivity index (χ3n) is 3.76. The first-order valence-corrected chi connectivity index (χ1v) is 7.61. The van der Waals surface area contributed by atoms with Crippen molar-refractivity contribution in [3.8, 4) is 5.82 Å². The molecule has 0 aromatic carbocycles. The third-order valence-corrected chi connectivity index (χ3v) is 3.76. The molecule has 3 heterocycles. The number of aromatic nitrogens is 6. The topological polar surface area (TPSA) is 115 Å². The summed E-state index contributed by atoms with van der Waals surface area (Å²) >= 11 is 0. The van der Waals surface area contributed by atoms with Crippen molar-refractivity contribution < 1.29 is 4.79 Å². The van der Waals surface area contributed by atoms with E-state index in [4.69, 9.17) is 5.73 Å². The van der Waals surface area contributed by atoms with Gasteiger partial charge < -0.3 is 5.73 Å². The number of rotatable bonds is 5. The first kappa shape index (κ1) is 15.9. The molecule has 3 rings (SSSR count). The van der Waals surface area contributed by atoms with E-state index >= 15 is 0 Å². The quantitative estimate of drug-likeness (QED) is 0.724. The van der Waals surface area contributed by atoms with Crippen molar-refractivity contribution in [2.45, 2.75) is 33.6 Å². The largest absolute Gasteiger partial charge is 0.369 e. The van der Waals surface area contributed by atoms with Crippen molar-refractivity contribution in [1.29, 1.82) is 0 Å². The number of amides is 1. The van der Waals surface area contributed by atoms with E-state index in [1.807, 2.05) is 39.0 Å². The maximum atomic E-state index is 11.2. The van der Waals surface area contributed by atoms with Crippen molar-refractivity contribution in [2.24, 2.45) is 5.73 Å². The van der Waals surface area contributed by atoms with Gasteiger partial charge in [0.25, 0.3) is 0 Å². The number of aryl methyl sites for hydroxylation is 3. The maximum absolute atomic E-state index is 11.2. The summed E-state index contributed by atoms with van der Waals surface area (Å²) in [4.78, 5) is 20.2. The van der Waals surface area contributed by atoms with Crippen molar-refractivity contribution in [2.75, 3.05) is 0 Å². The number of hydrogen-bond donors (Lipinski definition) is 2. The zero-order chi connectivity index (χ0) is 17.3. The summed E-state index contributed by atoms with van der Waals surface area (Å²) in [5.41, 5.74) is 9.10. The lowest BCUT2D eigenvalue weighted by Crippen LogP contribution is -2.14. The number of carbonyl (C=O) groups excluding carboxylic acids is 1. The van der Waals surface area contributed by atoms with E-state index < -0.39 is 5.91 Å². The molecule has 0 fully saturated rings. The number of pyridine rings is 1. The predicted molar refractivity (Wildman–Crippen MR) is 87.7 cm³/mol. The van der Waals surface area contributed by atoms with Crippen molar-refractivity contribution in [1.82, 2.24) is 29.9 Å². The number of nitrogens with two attached hydrogens (primary N) is 1. The van der Waals surface area contributed by atoms with Gasteiger partial charge in [-0.15, -0.1) is 5.10 Å². The molecule has 3 N–H and O–H groups in total. The van der Waals surface area contributed by atoms with E-state index in [2.05, 4.69) is 25.3 Å². The minimum Gasteiger partial charge on any atom is -0.369 e. The van der Waals surface area contributed by atoms with Crippen molar-refractivity contribution in [3.05, 3.63) is 52.5 Å². The summed E-state index contributed by atoms with van der Waals surface area (Å²) in [6, 6.07) is 5.67. The van der Waals surface area contributed by atoms with Crippen LogP contribution in [0.25, 0.3) is 5.82 Å². The fourth-order valence-electron chi connectivity index (χ4n) is 2.56. The van der Waals surface area contributed by atoms with Crippen LogP contribution in [0.15, 0.2) is 18.2 Å². The molecule has 24 heavy (non-hydrogen) atoms. The Morgan fingerprint density at radius 2 is 2.04 bits per heavy atom. The van der Waals surface area contributed by atoms with E-state index in [1.54, 1.807) is 4.68 Å². The highest BCUT2D eigenvalue weighted by atomic mass is 16.1. The normalized spacial score (nSPS) is 11.0. The molecule has 0 radical (unpaired) electrons. The molecule has 0 bridgehead atoms. The van der Waals surface area contributed by atoms with Crippen LogP contribution in [-0.2, 0) is 17.6 Å². The van der Waals surface area contributed by atoms with Gasteiger partial charge in [0.15, 0.2) is 11.6 Å². The smallest absolute Gasteiger partial charge is 0.225 e. The van der Waals surface area contributed by atoms with E-state index in [0.29, 0.717) is 23.9 Å². The van der Waals surface area contributed by atoms with Gasteiger partial charge in [0.1, 0.15) is 5.82 Å². The molecule has 0 saturated carbocycles. The second-order valence-corrected chi connectivity index (χ2v) is 5.73. The fraction of sp³-hybridized carbons (Fsp3) is 0.312. The van der Waals surface area contributed by atoms with Crippen LogP contribution in [-0.4, -0.2) is 35.9 Å². The van der Waals surface area contributed by atoms with Crippen LogP contribution < -0.4 is 5.73 Å². The molecular weight excluding hydrogens is 306 g/mol. The molecule has 0 unspecified atom stereocenters.